The molecule has 1 amide bonds. The maximum atomic E-state index is 12.5. The number of aryl methyl sites for hydroxylation is 1. The van der Waals surface area contributed by atoms with Gasteiger partial charge in [0, 0.05) is 51.7 Å². The van der Waals surface area contributed by atoms with Crippen LogP contribution in [0, 0.1) is 6.92 Å². The van der Waals surface area contributed by atoms with Crippen molar-refractivity contribution >= 4 is 11.6 Å². The van der Waals surface area contributed by atoms with Crippen LogP contribution in [0.4, 0.5) is 5.69 Å². The summed E-state index contributed by atoms with van der Waals surface area (Å²) in [6.45, 7) is 6.51. The van der Waals surface area contributed by atoms with E-state index in [4.69, 9.17) is 4.74 Å². The van der Waals surface area contributed by atoms with Gasteiger partial charge < -0.3 is 14.5 Å². The van der Waals surface area contributed by atoms with Crippen molar-refractivity contribution < 1.29 is 9.53 Å². The first-order valence-corrected chi connectivity index (χ1v) is 9.30. The van der Waals surface area contributed by atoms with Crippen LogP contribution in [-0.2, 0) is 9.53 Å². The van der Waals surface area contributed by atoms with Gasteiger partial charge in [-0.15, -0.1) is 0 Å². The third-order valence-electron chi connectivity index (χ3n) is 5.02. The molecule has 3 heterocycles. The zero-order valence-electron chi connectivity index (χ0n) is 15.7. The van der Waals surface area contributed by atoms with Crippen molar-refractivity contribution in [3.8, 4) is 0 Å². The first kappa shape index (κ1) is 18.1. The molecule has 6 nitrogen and oxygen atoms in total. The number of hydrogen-bond donors (Lipinski definition) is 0. The fraction of sp³-hybridized carbons (Fsp3) is 0.684. The van der Waals surface area contributed by atoms with Gasteiger partial charge in [0.1, 0.15) is 6.10 Å². The summed E-state index contributed by atoms with van der Waals surface area (Å²) < 4.78 is 5.96. The molecule has 0 aliphatic carbocycles. The summed E-state index contributed by atoms with van der Waals surface area (Å²) >= 11 is 0. The van der Waals surface area contributed by atoms with Crippen LogP contribution in [0.3, 0.4) is 0 Å². The Kier molecular flexibility index (Phi) is 5.91. The number of carbonyl (C=O) groups is 1. The topological polar surface area (TPSA) is 48.9 Å². The van der Waals surface area contributed by atoms with E-state index in [1.165, 1.54) is 6.42 Å². The van der Waals surface area contributed by atoms with E-state index < -0.39 is 0 Å². The van der Waals surface area contributed by atoms with Crippen molar-refractivity contribution in [3.05, 3.63) is 23.5 Å². The van der Waals surface area contributed by atoms with E-state index in [2.05, 4.69) is 26.9 Å². The van der Waals surface area contributed by atoms with E-state index in [0.717, 1.165) is 56.1 Å². The van der Waals surface area contributed by atoms with Gasteiger partial charge in [-0.05, 0) is 38.3 Å². The monoisotopic (exact) mass is 346 g/mol. The average molecular weight is 346 g/mol. The number of carbonyl (C=O) groups excluding carboxylic acids is 1. The van der Waals surface area contributed by atoms with Crippen LogP contribution < -0.4 is 4.90 Å². The molecule has 0 radical (unpaired) electrons. The van der Waals surface area contributed by atoms with E-state index in [9.17, 15) is 4.79 Å². The highest BCUT2D eigenvalue weighted by Gasteiger charge is 2.27. The van der Waals surface area contributed by atoms with Gasteiger partial charge in [0.05, 0.1) is 18.8 Å². The molecule has 2 fully saturated rings. The molecule has 2 aliphatic rings. The van der Waals surface area contributed by atoms with Crippen LogP contribution >= 0.6 is 0 Å². The molecular formula is C19H30N4O2. The number of anilines is 1. The van der Waals surface area contributed by atoms with E-state index in [0.29, 0.717) is 13.2 Å². The smallest absolute Gasteiger partial charge is 0.236 e. The lowest BCUT2D eigenvalue weighted by molar-refractivity contribution is -0.135. The summed E-state index contributed by atoms with van der Waals surface area (Å²) in [5, 5.41) is 0. The Bertz CT molecular complexity index is 599. The second-order valence-corrected chi connectivity index (χ2v) is 7.32. The molecule has 0 saturated carbocycles. The van der Waals surface area contributed by atoms with Crippen molar-refractivity contribution in [3.63, 3.8) is 0 Å². The number of morpholine rings is 1. The normalized spacial score (nSPS) is 22.0. The molecule has 2 aliphatic heterocycles. The highest BCUT2D eigenvalue weighted by atomic mass is 16.5. The quantitative estimate of drug-likeness (QED) is 0.833. The van der Waals surface area contributed by atoms with Crippen molar-refractivity contribution in [1.82, 2.24) is 14.8 Å². The minimum atomic E-state index is -0.0681. The summed E-state index contributed by atoms with van der Waals surface area (Å²) in [4.78, 5) is 23.5. The summed E-state index contributed by atoms with van der Waals surface area (Å²) in [5.41, 5.74) is 3.08. The number of likely N-dealkylation sites (tertiary alicyclic amines) is 1. The predicted octanol–water partition coefficient (Wildman–Crippen LogP) is 1.84. The Morgan fingerprint density at radius 2 is 2.00 bits per heavy atom. The van der Waals surface area contributed by atoms with Gasteiger partial charge >= 0.3 is 0 Å². The molecule has 1 aromatic rings. The Morgan fingerprint density at radius 3 is 2.72 bits per heavy atom. The number of pyridine rings is 1. The van der Waals surface area contributed by atoms with Gasteiger partial charge in [-0.1, -0.05) is 0 Å². The minimum Gasteiger partial charge on any atom is -0.378 e. The van der Waals surface area contributed by atoms with E-state index in [1.807, 2.05) is 25.9 Å². The maximum Gasteiger partial charge on any atom is 0.236 e. The molecule has 1 atom stereocenters. The molecule has 0 aromatic carbocycles. The highest BCUT2D eigenvalue weighted by molar-refractivity contribution is 5.78. The summed E-state index contributed by atoms with van der Waals surface area (Å²) in [5.74, 6) is 0.256. The zero-order chi connectivity index (χ0) is 17.8. The highest BCUT2D eigenvalue weighted by Crippen LogP contribution is 2.25. The molecule has 3 rings (SSSR count). The number of ether oxygens (including phenoxy) is 1. The lowest BCUT2D eigenvalue weighted by Crippen LogP contribution is -2.47. The van der Waals surface area contributed by atoms with E-state index in [1.54, 1.807) is 0 Å². The molecule has 6 heteroatoms. The Hall–Kier alpha value is -1.66. The van der Waals surface area contributed by atoms with Crippen molar-refractivity contribution in [2.45, 2.75) is 32.3 Å². The predicted molar refractivity (Wildman–Crippen MR) is 98.9 cm³/mol. The minimum absolute atomic E-state index is 0.0681. The Balaban J connectivity index is 1.64. The number of hydrogen-bond acceptors (Lipinski definition) is 5. The maximum absolute atomic E-state index is 12.5. The fourth-order valence-corrected chi connectivity index (χ4v) is 3.56. The zero-order valence-corrected chi connectivity index (χ0v) is 15.7. The third-order valence-corrected chi connectivity index (χ3v) is 5.02. The molecule has 138 valence electrons. The average Bonchev–Trinajstić information content (AvgIpc) is 2.62. The molecule has 25 heavy (non-hydrogen) atoms. The van der Waals surface area contributed by atoms with Crippen LogP contribution in [0.2, 0.25) is 0 Å². The van der Waals surface area contributed by atoms with Crippen LogP contribution in [0.15, 0.2) is 12.1 Å². The van der Waals surface area contributed by atoms with Gasteiger partial charge in [-0.3, -0.25) is 14.7 Å². The lowest BCUT2D eigenvalue weighted by atomic mass is 10.1. The molecule has 0 bridgehead atoms. The number of rotatable bonds is 4. The SMILES string of the molecule is Cc1cc(N(C)C)cc([C@@H]2CN(CC(=O)N3CCCCC3)CCO2)n1. The number of amides is 1. The molecule has 0 N–H and O–H groups in total. The number of aromatic nitrogens is 1. The van der Waals surface area contributed by atoms with E-state index >= 15 is 0 Å². The van der Waals surface area contributed by atoms with Crippen LogP contribution in [0.1, 0.15) is 36.8 Å². The Labute approximate surface area is 150 Å². The summed E-state index contributed by atoms with van der Waals surface area (Å²) in [7, 11) is 4.06. The second-order valence-electron chi connectivity index (χ2n) is 7.32. The molecule has 2 saturated heterocycles. The van der Waals surface area contributed by atoms with Crippen molar-refractivity contribution in [2.75, 3.05) is 58.3 Å². The van der Waals surface area contributed by atoms with Gasteiger partial charge in [0.15, 0.2) is 0 Å². The molecule has 0 spiro atoms. The van der Waals surface area contributed by atoms with Gasteiger partial charge in [-0.2, -0.15) is 0 Å². The van der Waals surface area contributed by atoms with Gasteiger partial charge in [0.2, 0.25) is 5.91 Å². The fourth-order valence-electron chi connectivity index (χ4n) is 3.56. The standard InChI is InChI=1S/C19H30N4O2/c1-15-11-16(21(2)3)12-17(20-15)18-13-22(9-10-25-18)14-19(24)23-7-5-4-6-8-23/h11-12,18H,4-10,13-14H2,1-3H3/t18-/m0/s1. The second kappa shape index (κ2) is 8.15. The van der Waals surface area contributed by atoms with Crippen molar-refractivity contribution in [2.24, 2.45) is 0 Å². The molecule has 1 aromatic heterocycles. The van der Waals surface area contributed by atoms with Crippen molar-refractivity contribution in [1.29, 1.82) is 0 Å². The largest absolute Gasteiger partial charge is 0.378 e. The summed E-state index contributed by atoms with van der Waals surface area (Å²) in [6, 6.07) is 4.16. The molecule has 0 unspecified atom stereocenters. The van der Waals surface area contributed by atoms with Crippen LogP contribution in [0.25, 0.3) is 0 Å². The van der Waals surface area contributed by atoms with Crippen LogP contribution in [0.5, 0.6) is 0 Å². The first-order chi connectivity index (χ1) is 12.0. The lowest BCUT2D eigenvalue weighted by Gasteiger charge is -2.35. The number of nitrogens with zero attached hydrogens (tertiary/aromatic N) is 4. The van der Waals surface area contributed by atoms with Gasteiger partial charge in [0.25, 0.3) is 0 Å². The van der Waals surface area contributed by atoms with Crippen LogP contribution in [-0.4, -0.2) is 74.1 Å². The number of piperidine rings is 1. The molecular weight excluding hydrogens is 316 g/mol. The van der Waals surface area contributed by atoms with E-state index in [-0.39, 0.29) is 12.0 Å². The Morgan fingerprint density at radius 1 is 1.24 bits per heavy atom. The third kappa shape index (κ3) is 4.70. The summed E-state index contributed by atoms with van der Waals surface area (Å²) in [6.07, 6.45) is 3.45. The van der Waals surface area contributed by atoms with Gasteiger partial charge in [-0.25, -0.2) is 0 Å². The first-order valence-electron chi connectivity index (χ1n) is 9.30.